The van der Waals surface area contributed by atoms with Crippen LogP contribution in [0.1, 0.15) is 13.3 Å². The predicted octanol–water partition coefficient (Wildman–Crippen LogP) is 2.03. The van der Waals surface area contributed by atoms with Crippen molar-refractivity contribution in [2.24, 2.45) is 11.7 Å². The van der Waals surface area contributed by atoms with Crippen LogP contribution in [0.2, 0.25) is 0 Å². The van der Waals surface area contributed by atoms with Crippen molar-refractivity contribution in [2.75, 3.05) is 18.4 Å². The molecule has 18 heavy (non-hydrogen) atoms. The number of rotatable bonds is 1. The number of carbonyl (C=O) groups is 1. The van der Waals surface area contributed by atoms with Crippen LogP contribution < -0.4 is 11.1 Å². The number of likely N-dealkylation sites (tertiary alicyclic amines) is 1. The second-order valence-electron chi connectivity index (χ2n) is 4.94. The molecule has 1 saturated heterocycles. The molecule has 0 radical (unpaired) electrons. The SMILES string of the molecule is CC1CC(N)CN(C(=O)Nc2ccc(F)cc2)C1. The second kappa shape index (κ2) is 5.35. The third-order valence-corrected chi connectivity index (χ3v) is 3.07. The first kappa shape index (κ1) is 12.8. The van der Waals surface area contributed by atoms with Crippen molar-refractivity contribution in [2.45, 2.75) is 19.4 Å². The molecular formula is C13H18FN3O. The van der Waals surface area contributed by atoms with Gasteiger partial charge in [0, 0.05) is 24.8 Å². The number of anilines is 1. The van der Waals surface area contributed by atoms with Crippen molar-refractivity contribution < 1.29 is 9.18 Å². The summed E-state index contributed by atoms with van der Waals surface area (Å²) in [5, 5.41) is 2.74. The summed E-state index contributed by atoms with van der Waals surface area (Å²) in [6.07, 6.45) is 0.945. The molecule has 2 amide bonds. The Bertz CT molecular complexity index is 411. The highest BCUT2D eigenvalue weighted by Gasteiger charge is 2.25. The minimum absolute atomic E-state index is 0.0349. The van der Waals surface area contributed by atoms with Gasteiger partial charge in [0.25, 0.3) is 0 Å². The number of piperidine rings is 1. The Labute approximate surface area is 106 Å². The van der Waals surface area contributed by atoms with Gasteiger partial charge in [-0.2, -0.15) is 0 Å². The molecular weight excluding hydrogens is 233 g/mol. The number of hydrogen-bond donors (Lipinski definition) is 2. The van der Waals surface area contributed by atoms with Crippen molar-refractivity contribution >= 4 is 11.7 Å². The van der Waals surface area contributed by atoms with Crippen molar-refractivity contribution in [1.82, 2.24) is 4.90 Å². The lowest BCUT2D eigenvalue weighted by atomic mass is 9.97. The van der Waals surface area contributed by atoms with Gasteiger partial charge in [0.2, 0.25) is 0 Å². The molecule has 3 N–H and O–H groups in total. The molecule has 0 bridgehead atoms. The van der Waals surface area contributed by atoms with Crippen molar-refractivity contribution in [3.63, 3.8) is 0 Å². The standard InChI is InChI=1S/C13H18FN3O/c1-9-6-11(15)8-17(7-9)13(18)16-12-4-2-10(14)3-5-12/h2-5,9,11H,6-8,15H2,1H3,(H,16,18). The highest BCUT2D eigenvalue weighted by molar-refractivity contribution is 5.89. The van der Waals surface area contributed by atoms with Gasteiger partial charge < -0.3 is 16.0 Å². The Morgan fingerprint density at radius 2 is 2.06 bits per heavy atom. The number of hydrogen-bond acceptors (Lipinski definition) is 2. The molecule has 5 heteroatoms. The van der Waals surface area contributed by atoms with E-state index in [0.717, 1.165) is 6.42 Å². The Kier molecular flexibility index (Phi) is 3.81. The van der Waals surface area contributed by atoms with Gasteiger partial charge in [-0.25, -0.2) is 9.18 Å². The summed E-state index contributed by atoms with van der Waals surface area (Å²) in [4.78, 5) is 13.7. The van der Waals surface area contributed by atoms with E-state index in [9.17, 15) is 9.18 Å². The smallest absolute Gasteiger partial charge is 0.321 e. The fourth-order valence-electron chi connectivity index (χ4n) is 2.30. The molecule has 1 fully saturated rings. The highest BCUT2D eigenvalue weighted by atomic mass is 19.1. The summed E-state index contributed by atoms with van der Waals surface area (Å²) in [6.45, 7) is 3.36. The molecule has 0 aliphatic carbocycles. The van der Waals surface area contributed by atoms with Crippen LogP contribution >= 0.6 is 0 Å². The molecule has 4 nitrogen and oxygen atoms in total. The van der Waals surface area contributed by atoms with Gasteiger partial charge >= 0.3 is 6.03 Å². The Morgan fingerprint density at radius 1 is 1.39 bits per heavy atom. The maximum atomic E-state index is 12.7. The maximum absolute atomic E-state index is 12.7. The summed E-state index contributed by atoms with van der Waals surface area (Å²) < 4.78 is 12.7. The molecule has 2 atom stereocenters. The van der Waals surface area contributed by atoms with E-state index in [0.29, 0.717) is 24.7 Å². The third-order valence-electron chi connectivity index (χ3n) is 3.07. The van der Waals surface area contributed by atoms with E-state index in [-0.39, 0.29) is 17.9 Å². The number of amides is 2. The van der Waals surface area contributed by atoms with Gasteiger partial charge in [-0.15, -0.1) is 0 Å². The van der Waals surface area contributed by atoms with Crippen LogP contribution in [0.4, 0.5) is 14.9 Å². The van der Waals surface area contributed by atoms with E-state index < -0.39 is 0 Å². The van der Waals surface area contributed by atoms with E-state index in [1.807, 2.05) is 0 Å². The average molecular weight is 251 g/mol. The lowest BCUT2D eigenvalue weighted by Crippen LogP contribution is -2.50. The van der Waals surface area contributed by atoms with Crippen LogP contribution in [-0.4, -0.2) is 30.1 Å². The quantitative estimate of drug-likeness (QED) is 0.802. The van der Waals surface area contributed by atoms with Gasteiger partial charge in [0.05, 0.1) is 0 Å². The first-order valence-corrected chi connectivity index (χ1v) is 6.11. The van der Waals surface area contributed by atoms with E-state index in [1.54, 1.807) is 17.0 Å². The van der Waals surface area contributed by atoms with Crippen LogP contribution in [0.5, 0.6) is 0 Å². The largest absolute Gasteiger partial charge is 0.326 e. The minimum Gasteiger partial charge on any atom is -0.326 e. The summed E-state index contributed by atoms with van der Waals surface area (Å²) in [5.41, 5.74) is 6.49. The summed E-state index contributed by atoms with van der Waals surface area (Å²) in [6, 6.07) is 5.58. The van der Waals surface area contributed by atoms with Gasteiger partial charge in [0.15, 0.2) is 0 Å². The number of halogens is 1. The molecule has 2 unspecified atom stereocenters. The number of nitrogens with zero attached hydrogens (tertiary/aromatic N) is 1. The highest BCUT2D eigenvalue weighted by Crippen LogP contribution is 2.16. The number of carbonyl (C=O) groups excluding carboxylic acids is 1. The molecule has 0 saturated carbocycles. The Balaban J connectivity index is 1.97. The second-order valence-corrected chi connectivity index (χ2v) is 4.94. The topological polar surface area (TPSA) is 58.4 Å². The van der Waals surface area contributed by atoms with Crippen molar-refractivity contribution in [1.29, 1.82) is 0 Å². The van der Waals surface area contributed by atoms with Gasteiger partial charge in [-0.3, -0.25) is 0 Å². The molecule has 1 aliphatic heterocycles. The van der Waals surface area contributed by atoms with Gasteiger partial charge in [0.1, 0.15) is 5.82 Å². The number of benzene rings is 1. The minimum atomic E-state index is -0.318. The van der Waals surface area contributed by atoms with Crippen LogP contribution in [0.25, 0.3) is 0 Å². The molecule has 2 rings (SSSR count). The first-order valence-electron chi connectivity index (χ1n) is 6.11. The molecule has 0 aromatic heterocycles. The van der Waals surface area contributed by atoms with Crippen LogP contribution in [0, 0.1) is 11.7 Å². The monoisotopic (exact) mass is 251 g/mol. The van der Waals surface area contributed by atoms with Crippen LogP contribution in [0.3, 0.4) is 0 Å². The van der Waals surface area contributed by atoms with Crippen LogP contribution in [-0.2, 0) is 0 Å². The van der Waals surface area contributed by atoms with E-state index in [4.69, 9.17) is 5.73 Å². The zero-order valence-electron chi connectivity index (χ0n) is 10.4. The third kappa shape index (κ3) is 3.20. The van der Waals surface area contributed by atoms with Gasteiger partial charge in [-0.05, 0) is 36.6 Å². The molecule has 1 aliphatic rings. The number of nitrogens with one attached hydrogen (secondary N) is 1. The lowest BCUT2D eigenvalue weighted by Gasteiger charge is -2.34. The van der Waals surface area contributed by atoms with E-state index >= 15 is 0 Å². The van der Waals surface area contributed by atoms with Gasteiger partial charge in [-0.1, -0.05) is 6.92 Å². The molecule has 0 spiro atoms. The van der Waals surface area contributed by atoms with E-state index in [2.05, 4.69) is 12.2 Å². The van der Waals surface area contributed by atoms with Crippen molar-refractivity contribution in [3.05, 3.63) is 30.1 Å². The van der Waals surface area contributed by atoms with Crippen LogP contribution in [0.15, 0.2) is 24.3 Å². The average Bonchev–Trinajstić information content (AvgIpc) is 2.31. The first-order chi connectivity index (χ1) is 8.54. The van der Waals surface area contributed by atoms with E-state index in [1.165, 1.54) is 12.1 Å². The zero-order chi connectivity index (χ0) is 13.1. The summed E-state index contributed by atoms with van der Waals surface area (Å²) >= 11 is 0. The summed E-state index contributed by atoms with van der Waals surface area (Å²) in [5.74, 6) is 0.0920. The fraction of sp³-hybridized carbons (Fsp3) is 0.462. The zero-order valence-corrected chi connectivity index (χ0v) is 10.4. The summed E-state index contributed by atoms with van der Waals surface area (Å²) in [7, 11) is 0. The fourth-order valence-corrected chi connectivity index (χ4v) is 2.30. The molecule has 1 heterocycles. The molecule has 1 aromatic rings. The Hall–Kier alpha value is -1.62. The number of urea groups is 1. The maximum Gasteiger partial charge on any atom is 0.321 e. The molecule has 98 valence electrons. The predicted molar refractivity (Wildman–Crippen MR) is 68.7 cm³/mol. The van der Waals surface area contributed by atoms with Crippen molar-refractivity contribution in [3.8, 4) is 0 Å². The Morgan fingerprint density at radius 3 is 2.67 bits per heavy atom. The molecule has 1 aromatic carbocycles. The lowest BCUT2D eigenvalue weighted by molar-refractivity contribution is 0.172. The number of nitrogens with two attached hydrogens (primary N) is 1. The normalized spacial score (nSPS) is 23.8.